The Balaban J connectivity index is 1.82. The molecule has 5 heteroatoms. The van der Waals surface area contributed by atoms with E-state index in [0.29, 0.717) is 10.4 Å². The van der Waals surface area contributed by atoms with Crippen LogP contribution >= 0.6 is 0 Å². The van der Waals surface area contributed by atoms with Crippen LogP contribution in [0.15, 0.2) is 101 Å². The van der Waals surface area contributed by atoms with Crippen LogP contribution in [0.2, 0.25) is 0 Å². The van der Waals surface area contributed by atoms with Gasteiger partial charge in [-0.25, -0.2) is 0 Å². The van der Waals surface area contributed by atoms with Crippen molar-refractivity contribution in [3.63, 3.8) is 0 Å². The number of rotatable bonds is 5. The molecule has 0 saturated carbocycles. The van der Waals surface area contributed by atoms with Gasteiger partial charge in [-0.05, 0) is 0 Å². The summed E-state index contributed by atoms with van der Waals surface area (Å²) in [4.78, 5) is 8.82. The van der Waals surface area contributed by atoms with Gasteiger partial charge in [0.1, 0.15) is 0 Å². The molecule has 0 saturated heterocycles. The molecule has 0 spiro atoms. The van der Waals surface area contributed by atoms with Crippen LogP contribution in [0.1, 0.15) is 11.3 Å². The summed E-state index contributed by atoms with van der Waals surface area (Å²) < 4.78 is 0.581. The summed E-state index contributed by atoms with van der Waals surface area (Å²) in [5.41, 5.74) is 6.39. The van der Waals surface area contributed by atoms with Crippen molar-refractivity contribution in [2.75, 3.05) is 0 Å². The van der Waals surface area contributed by atoms with Crippen molar-refractivity contribution < 1.29 is 0 Å². The summed E-state index contributed by atoms with van der Waals surface area (Å²) in [5.74, 6) is 0. The Morgan fingerprint density at radius 1 is 0.885 bits per heavy atom. The molecule has 0 bridgehead atoms. The molecule has 26 heavy (non-hydrogen) atoms. The predicted molar refractivity (Wildman–Crippen MR) is 109 cm³/mol. The number of pyridine rings is 1. The number of benzene rings is 2. The van der Waals surface area contributed by atoms with Crippen LogP contribution < -0.4 is 5.43 Å². The Morgan fingerprint density at radius 2 is 1.58 bits per heavy atom. The third-order valence-electron chi connectivity index (χ3n) is 3.42. The minimum absolute atomic E-state index is 0.581. The number of allylic oxidation sites excluding steroid dienone is 1. The van der Waals surface area contributed by atoms with Crippen LogP contribution in [-0.4, -0.2) is 31.4 Å². The van der Waals surface area contributed by atoms with E-state index in [1.54, 1.807) is 6.20 Å². The molecule has 0 aliphatic rings. The number of nitrogens with zero attached hydrogens (tertiary/aromatic N) is 3. The number of aromatic nitrogens is 1. The molecule has 0 aliphatic carbocycles. The predicted octanol–water partition coefficient (Wildman–Crippen LogP) is 3.94. The van der Waals surface area contributed by atoms with Gasteiger partial charge in [0.2, 0.25) is 0 Å². The van der Waals surface area contributed by atoms with Crippen LogP contribution in [0.4, 0.5) is 5.69 Å². The van der Waals surface area contributed by atoms with Crippen LogP contribution in [0.25, 0.3) is 6.08 Å². The first-order valence-corrected chi connectivity index (χ1v) is 8.96. The van der Waals surface area contributed by atoms with Crippen LogP contribution in [0.3, 0.4) is 0 Å². The van der Waals surface area contributed by atoms with Gasteiger partial charge in [-0.2, -0.15) is 0 Å². The van der Waals surface area contributed by atoms with Crippen molar-refractivity contribution in [2.24, 2.45) is 10.1 Å². The summed E-state index contributed by atoms with van der Waals surface area (Å²) >= 11 is 2.89. The van der Waals surface area contributed by atoms with Crippen LogP contribution in [-0.2, 0) is 0 Å². The minimum atomic E-state index is 0.581. The molecule has 4 nitrogen and oxygen atoms in total. The van der Waals surface area contributed by atoms with E-state index >= 15 is 0 Å². The zero-order chi connectivity index (χ0) is 18.0. The molecule has 0 fully saturated rings. The second-order valence-corrected chi connectivity index (χ2v) is 6.13. The third kappa shape index (κ3) is 5.52. The summed E-state index contributed by atoms with van der Waals surface area (Å²) in [6.45, 7) is 0. The van der Waals surface area contributed by atoms with E-state index in [4.69, 9.17) is 0 Å². The fraction of sp³-hybridized carbons (Fsp3) is 0. The quantitative estimate of drug-likeness (QED) is 0.303. The summed E-state index contributed by atoms with van der Waals surface area (Å²) in [6.07, 6.45) is 5.68. The number of hydrazone groups is 1. The average Bonchev–Trinajstić information content (AvgIpc) is 2.70. The zero-order valence-corrected chi connectivity index (χ0v) is 15.7. The van der Waals surface area contributed by atoms with E-state index in [9.17, 15) is 0 Å². The zero-order valence-electron chi connectivity index (χ0n) is 14.0. The number of hydrogen-bond acceptors (Lipinski definition) is 3. The molecule has 2 aromatic carbocycles. The second kappa shape index (κ2) is 9.47. The van der Waals surface area contributed by atoms with E-state index in [1.807, 2.05) is 91.0 Å². The molecule has 3 aromatic rings. The molecular formula is C21H17N4Se. The van der Waals surface area contributed by atoms with Crippen molar-refractivity contribution in [1.82, 2.24) is 10.4 Å². The van der Waals surface area contributed by atoms with Crippen molar-refractivity contribution in [2.45, 2.75) is 0 Å². The summed E-state index contributed by atoms with van der Waals surface area (Å²) in [7, 11) is 0. The summed E-state index contributed by atoms with van der Waals surface area (Å²) in [5, 5.41) is 4.46. The third-order valence-corrected chi connectivity index (χ3v) is 3.80. The number of nitrogens with one attached hydrogen (secondary N) is 1. The van der Waals surface area contributed by atoms with E-state index in [0.717, 1.165) is 16.9 Å². The Morgan fingerprint density at radius 3 is 2.27 bits per heavy atom. The van der Waals surface area contributed by atoms with Crippen LogP contribution in [0.5, 0.6) is 0 Å². The SMILES string of the molecule is [Se]C(=Nc1ccccc1)NN=C(C=Cc1ccccc1)c1ccccn1. The maximum absolute atomic E-state index is 4.46. The van der Waals surface area contributed by atoms with E-state index in [-0.39, 0.29) is 0 Å². The Hall–Kier alpha value is -3.01. The molecule has 0 aliphatic heterocycles. The molecule has 0 amide bonds. The molecule has 0 atom stereocenters. The molecule has 0 unspecified atom stereocenters. The van der Waals surface area contributed by atoms with Gasteiger partial charge in [-0.3, -0.25) is 0 Å². The van der Waals surface area contributed by atoms with Gasteiger partial charge in [0.25, 0.3) is 0 Å². The van der Waals surface area contributed by atoms with Gasteiger partial charge in [0.15, 0.2) is 0 Å². The average molecular weight is 404 g/mol. The number of hydrogen-bond donors (Lipinski definition) is 1. The molecule has 1 N–H and O–H groups in total. The molecule has 127 valence electrons. The fourth-order valence-corrected chi connectivity index (χ4v) is 2.50. The van der Waals surface area contributed by atoms with Crippen LogP contribution in [0, 0.1) is 0 Å². The second-order valence-electron chi connectivity index (χ2n) is 5.32. The van der Waals surface area contributed by atoms with Gasteiger partial charge < -0.3 is 0 Å². The molecule has 1 radical (unpaired) electrons. The standard InChI is InChI=1S/C21H17N4Se/c26-21(23-18-11-5-2-6-12-18)25-24-20(19-13-7-8-16-22-19)15-14-17-9-3-1-4-10-17/h1-16H,(H,23,25). The van der Waals surface area contributed by atoms with Gasteiger partial charge >= 0.3 is 161 Å². The normalized spacial score (nSPS) is 12.3. The monoisotopic (exact) mass is 405 g/mol. The van der Waals surface area contributed by atoms with Gasteiger partial charge in [0.05, 0.1) is 0 Å². The number of para-hydroxylation sites is 1. The first-order chi connectivity index (χ1) is 12.8. The number of amidine groups is 1. The van der Waals surface area contributed by atoms with Crippen molar-refractivity contribution >= 4 is 38.2 Å². The van der Waals surface area contributed by atoms with Gasteiger partial charge in [-0.15, -0.1) is 0 Å². The Labute approximate surface area is 161 Å². The van der Waals surface area contributed by atoms with Crippen molar-refractivity contribution in [3.05, 3.63) is 102 Å². The first-order valence-electron chi connectivity index (χ1n) is 8.10. The molecule has 3 rings (SSSR count). The van der Waals surface area contributed by atoms with E-state index < -0.39 is 0 Å². The van der Waals surface area contributed by atoms with E-state index in [2.05, 4.69) is 36.5 Å². The summed E-state index contributed by atoms with van der Waals surface area (Å²) in [6, 6.07) is 25.5. The molecular weight excluding hydrogens is 387 g/mol. The molecule has 1 heterocycles. The van der Waals surface area contributed by atoms with Gasteiger partial charge in [0, 0.05) is 0 Å². The fourth-order valence-electron chi connectivity index (χ4n) is 2.19. The van der Waals surface area contributed by atoms with Crippen molar-refractivity contribution in [3.8, 4) is 0 Å². The first kappa shape index (κ1) is 17.8. The Bertz CT molecular complexity index is 905. The Kier molecular flexibility index (Phi) is 6.48. The topological polar surface area (TPSA) is 49.6 Å². The van der Waals surface area contributed by atoms with Gasteiger partial charge in [-0.1, -0.05) is 0 Å². The molecule has 1 aromatic heterocycles. The number of aliphatic imine (C=N–C) groups is 1. The maximum atomic E-state index is 4.46. The van der Waals surface area contributed by atoms with E-state index in [1.165, 1.54) is 0 Å². The van der Waals surface area contributed by atoms with Crippen molar-refractivity contribution in [1.29, 1.82) is 0 Å².